The van der Waals surface area contributed by atoms with Crippen molar-refractivity contribution in [2.75, 3.05) is 12.0 Å². The number of hydrogen-bond acceptors (Lipinski definition) is 2. The van der Waals surface area contributed by atoms with Gasteiger partial charge in [0.25, 0.3) is 0 Å². The second kappa shape index (κ2) is 6.52. The van der Waals surface area contributed by atoms with E-state index in [1.54, 1.807) is 6.92 Å². The zero-order valence-corrected chi connectivity index (χ0v) is 14.9. The van der Waals surface area contributed by atoms with Crippen LogP contribution in [0, 0.1) is 5.21 Å². The fraction of sp³-hybridized carbons (Fsp3) is 0.333. The maximum Gasteiger partial charge on any atom is 0.149 e. The highest BCUT2D eigenvalue weighted by atomic mass is 127. The minimum absolute atomic E-state index is 0.00682. The van der Waals surface area contributed by atoms with Gasteiger partial charge in [-0.1, -0.05) is 12.1 Å². The van der Waals surface area contributed by atoms with Gasteiger partial charge in [-0.2, -0.15) is 4.86 Å². The van der Waals surface area contributed by atoms with Crippen molar-refractivity contribution >= 4 is 73.5 Å². The van der Waals surface area contributed by atoms with Crippen molar-refractivity contribution in [3.63, 3.8) is 0 Å². The van der Waals surface area contributed by atoms with E-state index in [0.717, 1.165) is 5.69 Å². The number of rotatable bonds is 4. The molecule has 0 unspecified atom stereocenters. The van der Waals surface area contributed by atoms with Crippen LogP contribution >= 0.6 is 67.8 Å². The molecule has 0 fully saturated rings. The molecular formula is C9H10I3N3O. The van der Waals surface area contributed by atoms with E-state index in [1.807, 2.05) is 24.3 Å². The molecule has 0 atom stereocenters. The lowest BCUT2D eigenvalue weighted by atomic mass is 10.2. The first-order valence-corrected chi connectivity index (χ1v) is 7.75. The van der Waals surface area contributed by atoms with Gasteiger partial charge in [0, 0.05) is 0 Å². The van der Waals surface area contributed by atoms with E-state index in [-0.39, 0.29) is -0.565 Å². The normalized spacial score (nSPS) is 12.6. The molecule has 1 rings (SSSR count). The maximum atomic E-state index is 11.0. The zero-order valence-electron chi connectivity index (χ0n) is 8.45. The maximum absolute atomic E-state index is 11.0. The fourth-order valence-electron chi connectivity index (χ4n) is 0.949. The third kappa shape index (κ3) is 4.85. The second-order valence-corrected chi connectivity index (χ2v) is 14.0. The molecule has 0 aromatic heterocycles. The molecule has 0 heterocycles. The average molecular weight is 557 g/mol. The van der Waals surface area contributed by atoms with Crippen LogP contribution in [0.25, 0.3) is 0 Å². The summed E-state index contributed by atoms with van der Waals surface area (Å²) in [5.74, 6) is 0. The topological polar surface area (TPSA) is 50.5 Å². The lowest BCUT2D eigenvalue weighted by Crippen LogP contribution is -2.03. The predicted molar refractivity (Wildman–Crippen MR) is 90.4 cm³/mol. The van der Waals surface area contributed by atoms with Gasteiger partial charge in [-0.15, -0.1) is 5.43 Å². The third-order valence-corrected chi connectivity index (χ3v) is 3.62. The summed E-state index contributed by atoms with van der Waals surface area (Å²) >= 11 is 7.05. The number of nitrogens with one attached hydrogen (secondary N) is 1. The van der Waals surface area contributed by atoms with Crippen LogP contribution in [-0.2, 0) is -0.565 Å². The van der Waals surface area contributed by atoms with Crippen LogP contribution in [0.2, 0.25) is 0 Å². The number of hydroxylamine groups is 1. The van der Waals surface area contributed by atoms with E-state index < -0.39 is 0 Å². The molecule has 88 valence electrons. The van der Waals surface area contributed by atoms with E-state index in [0.29, 0.717) is 11.4 Å². The Hall–Kier alpha value is 0.610. The van der Waals surface area contributed by atoms with Gasteiger partial charge < -0.3 is 5.21 Å². The van der Waals surface area contributed by atoms with Crippen molar-refractivity contribution in [2.45, 2.75) is 6.36 Å². The molecule has 0 aliphatic carbocycles. The van der Waals surface area contributed by atoms with Gasteiger partial charge in [-0.25, -0.2) is 0 Å². The van der Waals surface area contributed by atoms with Crippen LogP contribution in [-0.4, -0.2) is 11.4 Å². The molecular weight excluding hydrogens is 547 g/mol. The monoisotopic (exact) mass is 557 g/mol. The number of halogens is 3. The number of benzene rings is 1. The van der Waals surface area contributed by atoms with Crippen LogP contribution in [0.3, 0.4) is 0 Å². The minimum atomic E-state index is 0.00682. The van der Waals surface area contributed by atoms with Gasteiger partial charge >= 0.3 is 0 Å². The summed E-state index contributed by atoms with van der Waals surface area (Å²) in [6.07, 6.45) is 0. The van der Waals surface area contributed by atoms with Crippen LogP contribution in [0.4, 0.5) is 5.69 Å². The standard InChI is InChI=1S/C9H10I3N3O/c1-2-15(16)14-13-8-5-3-4-7(6-8)9(10,11)12/h3-6,13H,2H2,1H3. The van der Waals surface area contributed by atoms with E-state index in [9.17, 15) is 5.21 Å². The third-order valence-electron chi connectivity index (χ3n) is 1.75. The zero-order chi connectivity index (χ0) is 12.2. The van der Waals surface area contributed by atoms with Gasteiger partial charge in [-0.3, -0.25) is 0 Å². The summed E-state index contributed by atoms with van der Waals surface area (Å²) in [7, 11) is 0. The smallest absolute Gasteiger partial charge is 0.149 e. The molecule has 0 amide bonds. The SMILES string of the molecule is CC[N+]([O-])=NNc1cccc(C(I)(I)I)c1. The van der Waals surface area contributed by atoms with Crippen molar-refractivity contribution in [1.82, 2.24) is 0 Å². The first-order chi connectivity index (χ1) is 7.43. The van der Waals surface area contributed by atoms with Gasteiger partial charge in [0.05, 0.1) is 5.22 Å². The summed E-state index contributed by atoms with van der Waals surface area (Å²) in [6.45, 7) is 2.08. The van der Waals surface area contributed by atoms with E-state index in [2.05, 4.69) is 78.4 Å². The highest BCUT2D eigenvalue weighted by Gasteiger charge is 2.20. The van der Waals surface area contributed by atoms with Crippen molar-refractivity contribution in [3.8, 4) is 0 Å². The van der Waals surface area contributed by atoms with Crippen LogP contribution in [0.15, 0.2) is 29.5 Å². The second-order valence-electron chi connectivity index (χ2n) is 2.96. The average Bonchev–Trinajstić information content (AvgIpc) is 2.25. The molecule has 0 saturated heterocycles. The predicted octanol–water partition coefficient (Wildman–Crippen LogP) is 4.41. The van der Waals surface area contributed by atoms with E-state index in [1.165, 1.54) is 5.56 Å². The van der Waals surface area contributed by atoms with Crippen LogP contribution in [0.5, 0.6) is 0 Å². The Balaban J connectivity index is 2.84. The summed E-state index contributed by atoms with van der Waals surface area (Å²) < 4.78 is 0.00682. The Labute approximate surface area is 135 Å². The Morgan fingerprint density at radius 1 is 1.44 bits per heavy atom. The molecule has 1 aromatic rings. The molecule has 0 radical (unpaired) electrons. The number of hydrogen-bond donors (Lipinski definition) is 1. The highest BCUT2D eigenvalue weighted by molar-refractivity contribution is 14.3. The van der Waals surface area contributed by atoms with Gasteiger partial charge in [0.15, 0.2) is 0 Å². The Morgan fingerprint density at radius 3 is 2.69 bits per heavy atom. The number of alkyl halides is 3. The minimum Gasteiger partial charge on any atom is -0.696 e. The fourth-order valence-corrected chi connectivity index (χ4v) is 1.96. The summed E-state index contributed by atoms with van der Waals surface area (Å²) in [5.41, 5.74) is 4.73. The van der Waals surface area contributed by atoms with Gasteiger partial charge in [0.2, 0.25) is 0 Å². The van der Waals surface area contributed by atoms with E-state index >= 15 is 0 Å². The molecule has 7 heteroatoms. The molecule has 0 aliphatic rings. The van der Waals surface area contributed by atoms with Crippen LogP contribution in [0.1, 0.15) is 12.5 Å². The molecule has 0 saturated carbocycles. The van der Waals surface area contributed by atoms with Crippen molar-refractivity contribution in [2.24, 2.45) is 5.22 Å². The molecule has 16 heavy (non-hydrogen) atoms. The van der Waals surface area contributed by atoms with E-state index in [4.69, 9.17) is 0 Å². The lowest BCUT2D eigenvalue weighted by molar-refractivity contribution is -0.524. The Bertz CT molecular complexity index is 390. The molecule has 1 aromatic carbocycles. The number of nitrogens with zero attached hydrogens (tertiary/aromatic N) is 2. The first kappa shape index (κ1) is 14.7. The first-order valence-electron chi connectivity index (χ1n) is 4.52. The largest absolute Gasteiger partial charge is 0.696 e. The van der Waals surface area contributed by atoms with Crippen molar-refractivity contribution < 1.29 is 4.86 Å². The molecule has 4 nitrogen and oxygen atoms in total. The number of anilines is 1. The summed E-state index contributed by atoms with van der Waals surface area (Å²) in [5, 5.41) is 14.6. The Kier molecular flexibility index (Phi) is 5.98. The highest BCUT2D eigenvalue weighted by Crippen LogP contribution is 2.46. The van der Waals surface area contributed by atoms with Crippen molar-refractivity contribution in [1.29, 1.82) is 0 Å². The molecule has 0 spiro atoms. The Morgan fingerprint density at radius 2 is 2.12 bits per heavy atom. The van der Waals surface area contributed by atoms with Gasteiger partial charge in [0.1, 0.15) is 11.7 Å². The van der Waals surface area contributed by atoms with Gasteiger partial charge in [-0.05, 0) is 92.4 Å². The lowest BCUT2D eigenvalue weighted by Gasteiger charge is -2.12. The quantitative estimate of drug-likeness (QED) is 0.196. The molecule has 0 aliphatic heterocycles. The van der Waals surface area contributed by atoms with Crippen molar-refractivity contribution in [3.05, 3.63) is 35.0 Å². The summed E-state index contributed by atoms with van der Waals surface area (Å²) in [6, 6.07) is 7.86. The van der Waals surface area contributed by atoms with Crippen LogP contribution < -0.4 is 5.43 Å². The molecule has 1 N–H and O–H groups in total. The molecule has 0 bridgehead atoms. The summed E-state index contributed by atoms with van der Waals surface area (Å²) in [4.78, 5) is 0.609.